The van der Waals surface area contributed by atoms with Crippen LogP contribution in [0.2, 0.25) is 0 Å². The van der Waals surface area contributed by atoms with Crippen molar-refractivity contribution < 1.29 is 0 Å². The molecule has 1 unspecified atom stereocenters. The van der Waals surface area contributed by atoms with Crippen LogP contribution in [-0.4, -0.2) is 61.2 Å². The molecule has 1 aliphatic heterocycles. The van der Waals surface area contributed by atoms with Crippen LogP contribution in [0.3, 0.4) is 0 Å². The van der Waals surface area contributed by atoms with Crippen molar-refractivity contribution in [3.63, 3.8) is 0 Å². The zero-order chi connectivity index (χ0) is 14.4. The standard InChI is InChI=1S/C16H30N4/c1-16(14-17,18-15-6-7-15)8-3-4-10-20-11-5-9-19(2)12-13-20/h15,18H,3-13H2,1-2H3. The van der Waals surface area contributed by atoms with Gasteiger partial charge in [-0.15, -0.1) is 0 Å². The van der Waals surface area contributed by atoms with E-state index in [4.69, 9.17) is 0 Å². The average Bonchev–Trinajstić information content (AvgIpc) is 3.24. The van der Waals surface area contributed by atoms with Gasteiger partial charge in [-0.2, -0.15) is 5.26 Å². The van der Waals surface area contributed by atoms with Gasteiger partial charge in [0.25, 0.3) is 0 Å². The van der Waals surface area contributed by atoms with Gasteiger partial charge in [0, 0.05) is 19.1 Å². The highest BCUT2D eigenvalue weighted by atomic mass is 15.2. The molecular weight excluding hydrogens is 248 g/mol. The molecular formula is C16H30N4. The van der Waals surface area contributed by atoms with Gasteiger partial charge in [-0.05, 0) is 72.1 Å². The van der Waals surface area contributed by atoms with E-state index < -0.39 is 0 Å². The molecule has 1 aliphatic carbocycles. The number of nitrogens with zero attached hydrogens (tertiary/aromatic N) is 3. The van der Waals surface area contributed by atoms with E-state index in [9.17, 15) is 5.26 Å². The Bertz CT molecular complexity index is 334. The number of likely N-dealkylation sites (N-methyl/N-ethyl adjacent to an activating group) is 1. The summed E-state index contributed by atoms with van der Waals surface area (Å²) in [5, 5.41) is 12.8. The van der Waals surface area contributed by atoms with Gasteiger partial charge in [-0.1, -0.05) is 0 Å². The first-order chi connectivity index (χ1) is 9.61. The first kappa shape index (κ1) is 15.8. The van der Waals surface area contributed by atoms with Gasteiger partial charge < -0.3 is 9.80 Å². The summed E-state index contributed by atoms with van der Waals surface area (Å²) >= 11 is 0. The third-order valence-electron chi connectivity index (χ3n) is 4.56. The van der Waals surface area contributed by atoms with Crippen LogP contribution in [0.1, 0.15) is 45.4 Å². The molecule has 1 N–H and O–H groups in total. The maximum Gasteiger partial charge on any atom is 0.104 e. The summed E-state index contributed by atoms with van der Waals surface area (Å²) in [6, 6.07) is 3.08. The maximum atomic E-state index is 9.35. The maximum absolute atomic E-state index is 9.35. The Balaban J connectivity index is 1.61. The van der Waals surface area contributed by atoms with Crippen molar-refractivity contribution in [2.45, 2.75) is 57.0 Å². The fourth-order valence-corrected chi connectivity index (χ4v) is 2.98. The van der Waals surface area contributed by atoms with Gasteiger partial charge in [0.05, 0.1) is 6.07 Å². The Hall–Kier alpha value is -0.630. The van der Waals surface area contributed by atoms with E-state index >= 15 is 0 Å². The molecule has 2 rings (SSSR count). The van der Waals surface area contributed by atoms with Crippen molar-refractivity contribution in [2.75, 3.05) is 39.8 Å². The first-order valence-electron chi connectivity index (χ1n) is 8.21. The van der Waals surface area contributed by atoms with Gasteiger partial charge in [-0.3, -0.25) is 5.32 Å². The minimum atomic E-state index is -0.305. The molecule has 2 fully saturated rings. The predicted molar refractivity (Wildman–Crippen MR) is 82.6 cm³/mol. The van der Waals surface area contributed by atoms with Crippen LogP contribution < -0.4 is 5.32 Å². The molecule has 0 bridgehead atoms. The summed E-state index contributed by atoms with van der Waals surface area (Å²) in [5.41, 5.74) is -0.305. The van der Waals surface area contributed by atoms with E-state index in [1.807, 2.05) is 0 Å². The van der Waals surface area contributed by atoms with Crippen molar-refractivity contribution in [2.24, 2.45) is 0 Å². The van der Waals surface area contributed by atoms with E-state index in [0.717, 1.165) is 12.8 Å². The quantitative estimate of drug-likeness (QED) is 0.722. The zero-order valence-electron chi connectivity index (χ0n) is 13.2. The topological polar surface area (TPSA) is 42.3 Å². The van der Waals surface area contributed by atoms with Gasteiger partial charge >= 0.3 is 0 Å². The Morgan fingerprint density at radius 3 is 2.70 bits per heavy atom. The molecule has 0 aromatic heterocycles. The molecule has 0 spiro atoms. The third-order valence-corrected chi connectivity index (χ3v) is 4.56. The van der Waals surface area contributed by atoms with E-state index in [1.165, 1.54) is 58.4 Å². The molecule has 2 aliphatic rings. The number of hydrogen-bond donors (Lipinski definition) is 1. The SMILES string of the molecule is CN1CCCN(CCCCC(C)(C#N)NC2CC2)CC1. The van der Waals surface area contributed by atoms with Crippen LogP contribution in [0, 0.1) is 11.3 Å². The van der Waals surface area contributed by atoms with Crippen LogP contribution in [0.4, 0.5) is 0 Å². The van der Waals surface area contributed by atoms with E-state index in [0.29, 0.717) is 6.04 Å². The van der Waals surface area contributed by atoms with Crippen molar-refractivity contribution in [3.05, 3.63) is 0 Å². The monoisotopic (exact) mass is 278 g/mol. The molecule has 0 radical (unpaired) electrons. The molecule has 1 atom stereocenters. The third kappa shape index (κ3) is 5.40. The van der Waals surface area contributed by atoms with Gasteiger partial charge in [0.15, 0.2) is 0 Å². The van der Waals surface area contributed by atoms with Crippen LogP contribution in [0.15, 0.2) is 0 Å². The van der Waals surface area contributed by atoms with Crippen molar-refractivity contribution >= 4 is 0 Å². The number of nitriles is 1. The van der Waals surface area contributed by atoms with Crippen molar-refractivity contribution in [1.29, 1.82) is 5.26 Å². The number of unbranched alkanes of at least 4 members (excludes halogenated alkanes) is 1. The highest BCUT2D eigenvalue weighted by Crippen LogP contribution is 2.24. The molecule has 1 saturated carbocycles. The highest BCUT2D eigenvalue weighted by molar-refractivity contribution is 5.06. The lowest BCUT2D eigenvalue weighted by atomic mass is 9.96. The largest absolute Gasteiger partial charge is 0.305 e. The van der Waals surface area contributed by atoms with Crippen LogP contribution in [0.25, 0.3) is 0 Å². The fourth-order valence-electron chi connectivity index (χ4n) is 2.98. The second-order valence-corrected chi connectivity index (χ2v) is 6.82. The molecule has 114 valence electrons. The highest BCUT2D eigenvalue weighted by Gasteiger charge is 2.31. The average molecular weight is 278 g/mol. The van der Waals surface area contributed by atoms with Gasteiger partial charge in [0.1, 0.15) is 5.54 Å². The Morgan fingerprint density at radius 1 is 1.20 bits per heavy atom. The lowest BCUT2D eigenvalue weighted by Crippen LogP contribution is -2.42. The normalized spacial score (nSPS) is 24.9. The molecule has 4 nitrogen and oxygen atoms in total. The van der Waals surface area contributed by atoms with E-state index in [1.54, 1.807) is 0 Å². The zero-order valence-corrected chi connectivity index (χ0v) is 13.2. The molecule has 1 heterocycles. The smallest absolute Gasteiger partial charge is 0.104 e. The van der Waals surface area contributed by atoms with E-state index in [2.05, 4.69) is 35.2 Å². The fraction of sp³-hybridized carbons (Fsp3) is 0.938. The molecule has 1 saturated heterocycles. The Labute approximate surface area is 124 Å². The van der Waals surface area contributed by atoms with Crippen LogP contribution >= 0.6 is 0 Å². The Morgan fingerprint density at radius 2 is 2.00 bits per heavy atom. The molecule has 4 heteroatoms. The summed E-state index contributed by atoms with van der Waals surface area (Å²) in [4.78, 5) is 5.01. The van der Waals surface area contributed by atoms with Gasteiger partial charge in [-0.25, -0.2) is 0 Å². The summed E-state index contributed by atoms with van der Waals surface area (Å²) in [6.45, 7) is 8.12. The summed E-state index contributed by atoms with van der Waals surface area (Å²) < 4.78 is 0. The van der Waals surface area contributed by atoms with Gasteiger partial charge in [0.2, 0.25) is 0 Å². The minimum absolute atomic E-state index is 0.305. The summed E-state index contributed by atoms with van der Waals surface area (Å²) in [5.74, 6) is 0. The molecule has 0 amide bonds. The summed E-state index contributed by atoms with van der Waals surface area (Å²) in [7, 11) is 2.21. The van der Waals surface area contributed by atoms with Crippen LogP contribution in [-0.2, 0) is 0 Å². The molecule has 0 aromatic rings. The number of hydrogen-bond acceptors (Lipinski definition) is 4. The Kier molecular flexibility index (Phi) is 5.83. The second kappa shape index (κ2) is 7.40. The van der Waals surface area contributed by atoms with Crippen molar-refractivity contribution in [3.8, 4) is 6.07 Å². The lowest BCUT2D eigenvalue weighted by molar-refractivity contribution is 0.266. The molecule has 20 heavy (non-hydrogen) atoms. The minimum Gasteiger partial charge on any atom is -0.305 e. The van der Waals surface area contributed by atoms with Crippen LogP contribution in [0.5, 0.6) is 0 Å². The lowest BCUT2D eigenvalue weighted by Gasteiger charge is -2.24. The number of nitrogens with one attached hydrogen (secondary N) is 1. The van der Waals surface area contributed by atoms with E-state index in [-0.39, 0.29) is 5.54 Å². The number of rotatable bonds is 7. The van der Waals surface area contributed by atoms with Crippen molar-refractivity contribution in [1.82, 2.24) is 15.1 Å². The molecule has 0 aromatic carbocycles. The predicted octanol–water partition coefficient (Wildman–Crippen LogP) is 1.83. The summed E-state index contributed by atoms with van der Waals surface area (Å²) in [6.07, 6.45) is 7.13. The second-order valence-electron chi connectivity index (χ2n) is 6.82. The first-order valence-corrected chi connectivity index (χ1v) is 8.21.